The van der Waals surface area contributed by atoms with Crippen LogP contribution in [0.4, 0.5) is 13.2 Å². The van der Waals surface area contributed by atoms with Gasteiger partial charge >= 0.3 is 6.18 Å². The topological polar surface area (TPSA) is 79.6 Å². The number of rotatable bonds is 8. The van der Waals surface area contributed by atoms with Crippen molar-refractivity contribution >= 4 is 11.6 Å². The Labute approximate surface area is 472 Å². The molecule has 11 nitrogen and oxygen atoms in total. The summed E-state index contributed by atoms with van der Waals surface area (Å²) in [7, 11) is 9.00. The van der Waals surface area contributed by atoms with Crippen LogP contribution < -0.4 is 26.6 Å². The second kappa shape index (κ2) is 31.0. The summed E-state index contributed by atoms with van der Waals surface area (Å²) in [5.41, 5.74) is 2.80. The highest BCUT2D eigenvalue weighted by molar-refractivity contribution is 6.31. The fourth-order valence-electron chi connectivity index (χ4n) is 13.7. The van der Waals surface area contributed by atoms with E-state index in [0.717, 1.165) is 115 Å². The van der Waals surface area contributed by atoms with E-state index in [4.69, 9.17) is 11.6 Å². The fraction of sp³-hybridized carbons (Fsp3) is 0.806. The van der Waals surface area contributed by atoms with Crippen LogP contribution in [0.25, 0.3) is 0 Å². The van der Waals surface area contributed by atoms with E-state index in [-0.39, 0.29) is 16.6 Å². The van der Waals surface area contributed by atoms with Crippen LogP contribution in [0.1, 0.15) is 156 Å². The van der Waals surface area contributed by atoms with Crippen LogP contribution in [0.3, 0.4) is 0 Å². The van der Waals surface area contributed by atoms with Gasteiger partial charge in [0.05, 0.1) is 10.6 Å². The Morgan fingerprint density at radius 1 is 0.844 bits per heavy atom. The molecule has 5 N–H and O–H groups in total. The predicted octanol–water partition coefficient (Wildman–Crippen LogP) is 10.8. The van der Waals surface area contributed by atoms with Crippen LogP contribution in [0.2, 0.25) is 5.02 Å². The zero-order valence-corrected chi connectivity index (χ0v) is 50.9. The molecule has 3 aliphatic heterocycles. The summed E-state index contributed by atoms with van der Waals surface area (Å²) in [6.45, 7) is 27.9. The van der Waals surface area contributed by atoms with Crippen molar-refractivity contribution in [2.45, 2.75) is 199 Å². The Morgan fingerprint density at radius 2 is 1.58 bits per heavy atom. The van der Waals surface area contributed by atoms with E-state index < -0.39 is 11.7 Å². The third-order valence-electron chi connectivity index (χ3n) is 18.5. The summed E-state index contributed by atoms with van der Waals surface area (Å²) >= 11 is 6.18. The number of hydrogen-bond donors (Lipinski definition) is 5. The molecule has 5 aliphatic rings. The van der Waals surface area contributed by atoms with E-state index in [1.165, 1.54) is 88.2 Å². The van der Waals surface area contributed by atoms with E-state index >= 15 is 0 Å². The molecule has 2 unspecified atom stereocenters. The Kier molecular flexibility index (Phi) is 25.6. The molecule has 2 saturated carbocycles. The lowest BCUT2D eigenvalue weighted by atomic mass is 9.87. The van der Waals surface area contributed by atoms with Crippen molar-refractivity contribution < 1.29 is 13.2 Å². The van der Waals surface area contributed by atoms with Gasteiger partial charge in [-0.1, -0.05) is 84.4 Å². The molecular weight excluding hydrogens is 991 g/mol. The highest BCUT2D eigenvalue weighted by Crippen LogP contribution is 2.39. The minimum absolute atomic E-state index is 0.0994. The second-order valence-electron chi connectivity index (χ2n) is 25.5. The average Bonchev–Trinajstić information content (AvgIpc) is 4.23. The Balaban J connectivity index is 1.21. The molecule has 1 aromatic rings. The highest BCUT2D eigenvalue weighted by atomic mass is 35.5. The monoisotopic (exact) mass is 1100 g/mol. The maximum absolute atomic E-state index is 13.6. The summed E-state index contributed by atoms with van der Waals surface area (Å²) in [5, 5.41) is 19.6. The van der Waals surface area contributed by atoms with Crippen molar-refractivity contribution in [3.8, 4) is 0 Å². The van der Waals surface area contributed by atoms with Crippen LogP contribution in [-0.4, -0.2) is 171 Å². The molecule has 1 aromatic carbocycles. The number of fused-ring (bicyclic) bond motifs is 2. The number of alkyl halides is 3. The van der Waals surface area contributed by atoms with Gasteiger partial charge < -0.3 is 51.1 Å². The molecule has 77 heavy (non-hydrogen) atoms. The van der Waals surface area contributed by atoms with E-state index in [1.807, 2.05) is 6.20 Å². The van der Waals surface area contributed by atoms with Gasteiger partial charge in [0, 0.05) is 158 Å². The smallest absolute Gasteiger partial charge is 0.387 e. The van der Waals surface area contributed by atoms with Gasteiger partial charge in [0.15, 0.2) is 0 Å². The number of halogens is 4. The van der Waals surface area contributed by atoms with Crippen LogP contribution in [0, 0.1) is 23.7 Å². The van der Waals surface area contributed by atoms with E-state index in [2.05, 4.69) is 151 Å². The van der Waals surface area contributed by atoms with Gasteiger partial charge in [-0.25, -0.2) is 0 Å². The first-order valence-corrected chi connectivity index (χ1v) is 31.1. The van der Waals surface area contributed by atoms with Crippen molar-refractivity contribution in [2.24, 2.45) is 23.7 Å². The lowest BCUT2D eigenvalue weighted by molar-refractivity contribution is -0.137. The van der Waals surface area contributed by atoms with E-state index in [0.29, 0.717) is 54.4 Å². The fourth-order valence-corrected chi connectivity index (χ4v) is 14.0. The van der Waals surface area contributed by atoms with Crippen molar-refractivity contribution in [3.05, 3.63) is 70.5 Å². The Bertz CT molecular complexity index is 1970. The lowest BCUT2D eigenvalue weighted by Crippen LogP contribution is -2.62. The lowest BCUT2D eigenvalue weighted by Gasteiger charge is -2.45. The van der Waals surface area contributed by atoms with Gasteiger partial charge in [-0.05, 0) is 146 Å². The average molecular weight is 1100 g/mol. The van der Waals surface area contributed by atoms with Gasteiger partial charge in [-0.3, -0.25) is 4.90 Å². The van der Waals surface area contributed by atoms with Gasteiger partial charge in [-0.2, -0.15) is 13.2 Å². The zero-order valence-electron chi connectivity index (χ0n) is 50.1. The molecule has 0 radical (unpaired) electrons. The summed E-state index contributed by atoms with van der Waals surface area (Å²) in [6.07, 6.45) is 22.6. The van der Waals surface area contributed by atoms with E-state index in [1.54, 1.807) is 6.07 Å². The van der Waals surface area contributed by atoms with Crippen molar-refractivity contribution in [1.29, 1.82) is 0 Å². The van der Waals surface area contributed by atoms with Gasteiger partial charge in [0.2, 0.25) is 0 Å². The maximum atomic E-state index is 13.6. The number of hydrogen-bond acceptors (Lipinski definition) is 11. The van der Waals surface area contributed by atoms with Crippen molar-refractivity contribution in [3.63, 3.8) is 0 Å². The van der Waals surface area contributed by atoms with Crippen molar-refractivity contribution in [2.75, 3.05) is 100 Å². The van der Waals surface area contributed by atoms with Crippen LogP contribution in [0.15, 0.2) is 54.4 Å². The third kappa shape index (κ3) is 19.8. The second-order valence-corrected chi connectivity index (χ2v) is 26.0. The van der Waals surface area contributed by atoms with Gasteiger partial charge in [-0.15, -0.1) is 0 Å². The molecule has 440 valence electrons. The minimum atomic E-state index is -4.48. The standard InChI is InChI=1S/C62H109ClF3N11/c1-12-48(5)59-44-73(9)34-35-76-32-17-20-54(76)42-75(11)55(36-46(2)3)41-72(8)33-31-69-53(23-21-51-22-24-57(58(63)38-51)62(64,65)66)25-28-67-29-30-68-45-61(26-15-16-27-61)71-50(7)60(52-18-13-14-19-52)77-40-47(4)37-56(77)43-74(10)49(6)39-70-59/h22,24,31,33,38,41-42,46-50,52-53,56,59-60,67-71H,12-21,23,25-30,32,34-37,39-40,43-45H2,1-11H3/t47-,48+,49+,50?,53+,56?,59-,60-/m1/s1. The molecule has 2 saturated heterocycles. The molecule has 6 rings (SSSR count). The summed E-state index contributed by atoms with van der Waals surface area (Å²) in [5.74, 6) is 2.51. The number of nitrogens with one attached hydrogen (secondary N) is 5. The zero-order chi connectivity index (χ0) is 55.7. The summed E-state index contributed by atoms with van der Waals surface area (Å²) in [6, 6.07) is 6.66. The van der Waals surface area contributed by atoms with Crippen LogP contribution >= 0.6 is 11.6 Å². The van der Waals surface area contributed by atoms with E-state index in [9.17, 15) is 13.2 Å². The molecule has 0 bridgehead atoms. The molecule has 2 aliphatic carbocycles. The summed E-state index contributed by atoms with van der Waals surface area (Å²) in [4.78, 5) is 15.3. The SMILES string of the molecule is CC[C@H](C)[C@H]1CN(C)CCN2CCCC2=CN(C)C(CC(C)C)=CN(C)C=CN[C@@H](CCc2ccc(C(F)(F)F)c(Cl)c2)CCNCCNCC2(CCCC2)NC(C)[C@H](C2CCCC2)N2C[C@H](C)CC2CN(C)[C@@H](C)CN1. The molecule has 0 amide bonds. The van der Waals surface area contributed by atoms with Gasteiger partial charge in [0.1, 0.15) is 0 Å². The molecule has 3 heterocycles. The number of aryl methyl sites for hydroxylation is 1. The minimum Gasteiger partial charge on any atom is -0.387 e. The molecule has 15 heteroatoms. The largest absolute Gasteiger partial charge is 0.417 e. The number of nitrogens with zero attached hydrogens (tertiary/aromatic N) is 6. The number of allylic oxidation sites excluding steroid dienone is 2. The molecule has 1 spiro atoms. The first-order valence-electron chi connectivity index (χ1n) is 30.7. The Morgan fingerprint density at radius 3 is 2.29 bits per heavy atom. The van der Waals surface area contributed by atoms with Crippen LogP contribution in [0.5, 0.6) is 0 Å². The number of benzene rings is 1. The third-order valence-corrected chi connectivity index (χ3v) is 18.8. The Hall–Kier alpha value is -2.56. The maximum Gasteiger partial charge on any atom is 0.417 e. The van der Waals surface area contributed by atoms with Gasteiger partial charge in [0.25, 0.3) is 0 Å². The number of likely N-dealkylation sites (N-methyl/N-ethyl adjacent to an activating group) is 2. The normalized spacial score (nSPS) is 29.6. The summed E-state index contributed by atoms with van der Waals surface area (Å²) < 4.78 is 40.7. The molecule has 0 aromatic heterocycles. The molecule has 4 fully saturated rings. The quantitative estimate of drug-likeness (QED) is 0.173. The first kappa shape index (κ1) is 63.6. The van der Waals surface area contributed by atoms with Crippen LogP contribution in [-0.2, 0) is 12.6 Å². The highest BCUT2D eigenvalue weighted by Gasteiger charge is 2.45. The predicted molar refractivity (Wildman–Crippen MR) is 318 cm³/mol. The first-order chi connectivity index (χ1) is 36.7. The molecular formula is C62H109ClF3N11. The van der Waals surface area contributed by atoms with Crippen molar-refractivity contribution in [1.82, 2.24) is 56.0 Å². The molecule has 8 atom stereocenters.